The van der Waals surface area contributed by atoms with Crippen molar-refractivity contribution in [1.29, 1.82) is 5.26 Å². The molecular weight excluding hydrogens is 540 g/mol. The average Bonchev–Trinajstić information content (AvgIpc) is 3.21. The van der Waals surface area contributed by atoms with E-state index in [1.165, 1.54) is 12.1 Å². The van der Waals surface area contributed by atoms with Crippen LogP contribution in [0.25, 0.3) is 22.7 Å². The topological polar surface area (TPSA) is 105 Å². The predicted molar refractivity (Wildman–Crippen MR) is 129 cm³/mol. The molecule has 158 valence electrons. The van der Waals surface area contributed by atoms with Crippen molar-refractivity contribution < 1.29 is 9.66 Å². The van der Waals surface area contributed by atoms with Gasteiger partial charge in [0, 0.05) is 12.1 Å². The van der Waals surface area contributed by atoms with Gasteiger partial charge in [-0.1, -0.05) is 12.1 Å². The summed E-state index contributed by atoms with van der Waals surface area (Å²) in [6, 6.07) is 19.7. The Morgan fingerprint density at radius 2 is 1.84 bits per heavy atom. The third kappa shape index (κ3) is 4.72. The minimum atomic E-state index is -0.440. The predicted octanol–water partition coefficient (Wildman–Crippen LogP) is 6.64. The molecule has 0 unspecified atom stereocenters. The maximum Gasteiger partial charge on any atom is 0.269 e. The van der Waals surface area contributed by atoms with E-state index in [9.17, 15) is 15.4 Å². The van der Waals surface area contributed by atoms with Crippen molar-refractivity contribution in [2.45, 2.75) is 6.61 Å². The fraction of sp³-hybridized carbons (Fsp3) is 0.0435. The van der Waals surface area contributed by atoms with E-state index in [1.54, 1.807) is 18.2 Å². The van der Waals surface area contributed by atoms with Crippen molar-refractivity contribution >= 4 is 60.2 Å². The van der Waals surface area contributed by atoms with E-state index in [-0.39, 0.29) is 12.3 Å². The molecule has 0 amide bonds. The molecule has 1 heterocycles. The summed E-state index contributed by atoms with van der Waals surface area (Å²) < 4.78 is 7.29. The number of allylic oxidation sites excluding steroid dienone is 1. The first-order chi connectivity index (χ1) is 15.4. The van der Waals surface area contributed by atoms with Crippen LogP contribution in [0, 0.1) is 21.4 Å². The van der Waals surface area contributed by atoms with Gasteiger partial charge < -0.3 is 9.72 Å². The van der Waals surface area contributed by atoms with Gasteiger partial charge in [0.1, 0.15) is 24.3 Å². The van der Waals surface area contributed by atoms with Crippen LogP contribution in [0.4, 0.5) is 5.69 Å². The summed E-state index contributed by atoms with van der Waals surface area (Å²) in [6.45, 7) is 0.243. The number of non-ortho nitro benzene ring substituents is 1. The smallest absolute Gasteiger partial charge is 0.269 e. The van der Waals surface area contributed by atoms with Gasteiger partial charge in [-0.05, 0) is 85.5 Å². The number of imidazole rings is 1. The minimum Gasteiger partial charge on any atom is -0.487 e. The molecule has 0 saturated carbocycles. The molecule has 0 fully saturated rings. The lowest BCUT2D eigenvalue weighted by Gasteiger charge is -2.11. The van der Waals surface area contributed by atoms with Gasteiger partial charge in [-0.3, -0.25) is 10.1 Å². The number of rotatable bonds is 6. The van der Waals surface area contributed by atoms with Crippen LogP contribution in [0.5, 0.6) is 5.75 Å². The highest BCUT2D eigenvalue weighted by Gasteiger charge is 2.12. The van der Waals surface area contributed by atoms with Crippen molar-refractivity contribution in [3.63, 3.8) is 0 Å². The maximum absolute atomic E-state index is 10.8. The van der Waals surface area contributed by atoms with Crippen molar-refractivity contribution in [1.82, 2.24) is 9.97 Å². The Kier molecular flexibility index (Phi) is 6.35. The highest BCUT2D eigenvalue weighted by molar-refractivity contribution is 9.11. The van der Waals surface area contributed by atoms with Crippen molar-refractivity contribution in [3.05, 3.63) is 96.7 Å². The Morgan fingerprint density at radius 1 is 1.16 bits per heavy atom. The number of para-hydroxylation sites is 2. The van der Waals surface area contributed by atoms with Gasteiger partial charge in [-0.2, -0.15) is 5.26 Å². The summed E-state index contributed by atoms with van der Waals surface area (Å²) in [7, 11) is 0. The van der Waals surface area contributed by atoms with Gasteiger partial charge in [0.25, 0.3) is 5.69 Å². The second-order valence-electron chi connectivity index (χ2n) is 6.80. The number of ether oxygens (including phenoxy) is 1. The van der Waals surface area contributed by atoms with Gasteiger partial charge in [-0.15, -0.1) is 0 Å². The number of nitrogens with zero attached hydrogens (tertiary/aromatic N) is 3. The second kappa shape index (κ2) is 9.34. The van der Waals surface area contributed by atoms with Crippen LogP contribution in [-0.4, -0.2) is 14.9 Å². The normalized spacial score (nSPS) is 11.3. The number of nitro groups is 1. The van der Waals surface area contributed by atoms with E-state index in [4.69, 9.17) is 4.74 Å². The van der Waals surface area contributed by atoms with Crippen LogP contribution < -0.4 is 4.74 Å². The van der Waals surface area contributed by atoms with Crippen molar-refractivity contribution in [2.75, 3.05) is 0 Å². The molecule has 9 heteroatoms. The van der Waals surface area contributed by atoms with Crippen LogP contribution in [0.15, 0.2) is 69.6 Å². The number of fused-ring (bicyclic) bond motifs is 1. The molecule has 32 heavy (non-hydrogen) atoms. The monoisotopic (exact) mass is 552 g/mol. The molecule has 1 N–H and O–H groups in total. The highest BCUT2D eigenvalue weighted by Crippen LogP contribution is 2.36. The number of halogens is 2. The standard InChI is InChI=1S/C23H14Br2N4O3/c24-18-10-15(9-16(12-26)23-27-20-3-1-2-4-21(20)28-23)11-19(25)22(18)32-13-14-5-7-17(8-6-14)29(30)31/h1-11H,13H2,(H,27,28). The Hall–Kier alpha value is -3.48. The first-order valence-electron chi connectivity index (χ1n) is 9.36. The van der Waals surface area contributed by atoms with Crippen LogP contribution in [-0.2, 0) is 6.61 Å². The number of H-pyrrole nitrogens is 1. The van der Waals surface area contributed by atoms with E-state index in [1.807, 2.05) is 36.4 Å². The molecule has 0 saturated heterocycles. The number of benzene rings is 3. The van der Waals surface area contributed by atoms with Gasteiger partial charge in [0.05, 0.1) is 30.5 Å². The lowest BCUT2D eigenvalue weighted by atomic mass is 10.1. The van der Waals surface area contributed by atoms with Crippen molar-refractivity contribution in [3.8, 4) is 11.8 Å². The quantitative estimate of drug-likeness (QED) is 0.164. The van der Waals surface area contributed by atoms with E-state index >= 15 is 0 Å². The summed E-state index contributed by atoms with van der Waals surface area (Å²) in [6.07, 6.45) is 1.74. The summed E-state index contributed by atoms with van der Waals surface area (Å²) in [5.74, 6) is 1.09. The zero-order chi connectivity index (χ0) is 22.7. The minimum absolute atomic E-state index is 0.0324. The molecule has 0 bridgehead atoms. The number of hydrogen-bond acceptors (Lipinski definition) is 5. The van der Waals surface area contributed by atoms with Gasteiger partial charge in [0.15, 0.2) is 0 Å². The molecule has 0 aliphatic rings. The van der Waals surface area contributed by atoms with E-state index in [2.05, 4.69) is 47.9 Å². The van der Waals surface area contributed by atoms with Crippen LogP contribution in [0.1, 0.15) is 17.0 Å². The summed E-state index contributed by atoms with van der Waals surface area (Å²) in [5.41, 5.74) is 3.67. The first kappa shape index (κ1) is 21.7. The zero-order valence-electron chi connectivity index (χ0n) is 16.4. The summed E-state index contributed by atoms with van der Waals surface area (Å²) in [5, 5.41) is 20.4. The van der Waals surface area contributed by atoms with Gasteiger partial charge in [-0.25, -0.2) is 4.98 Å². The molecule has 0 atom stereocenters. The fourth-order valence-corrected chi connectivity index (χ4v) is 4.52. The average molecular weight is 554 g/mol. The Balaban J connectivity index is 1.56. The van der Waals surface area contributed by atoms with Crippen LogP contribution in [0.3, 0.4) is 0 Å². The van der Waals surface area contributed by atoms with Crippen LogP contribution in [0.2, 0.25) is 0 Å². The number of nitriles is 1. The molecular formula is C23H14Br2N4O3. The fourth-order valence-electron chi connectivity index (χ4n) is 3.07. The van der Waals surface area contributed by atoms with E-state index in [0.717, 1.165) is 22.2 Å². The molecule has 0 radical (unpaired) electrons. The zero-order valence-corrected chi connectivity index (χ0v) is 19.6. The van der Waals surface area contributed by atoms with Gasteiger partial charge >= 0.3 is 0 Å². The summed E-state index contributed by atoms with van der Waals surface area (Å²) in [4.78, 5) is 18.0. The Labute approximate surface area is 199 Å². The molecule has 0 spiro atoms. The lowest BCUT2D eigenvalue weighted by molar-refractivity contribution is -0.384. The lowest BCUT2D eigenvalue weighted by Crippen LogP contribution is -1.98. The second-order valence-corrected chi connectivity index (χ2v) is 8.51. The number of aromatic nitrogens is 2. The van der Waals surface area contributed by atoms with Crippen molar-refractivity contribution in [2.24, 2.45) is 0 Å². The largest absolute Gasteiger partial charge is 0.487 e. The maximum atomic E-state index is 10.8. The number of nitrogens with one attached hydrogen (secondary N) is 1. The van der Waals surface area contributed by atoms with E-state index < -0.39 is 4.92 Å². The molecule has 4 aromatic rings. The highest BCUT2D eigenvalue weighted by atomic mass is 79.9. The third-order valence-corrected chi connectivity index (χ3v) is 5.80. The Bertz CT molecular complexity index is 1330. The molecule has 0 aliphatic carbocycles. The SMILES string of the molecule is N#CC(=Cc1cc(Br)c(OCc2ccc([N+](=O)[O-])cc2)c(Br)c1)c1nc2ccccc2[nH]1. The molecule has 3 aromatic carbocycles. The van der Waals surface area contributed by atoms with Crippen LogP contribution >= 0.6 is 31.9 Å². The summed E-state index contributed by atoms with van der Waals surface area (Å²) >= 11 is 7.04. The van der Waals surface area contributed by atoms with E-state index in [0.29, 0.717) is 26.1 Å². The molecule has 7 nitrogen and oxygen atoms in total. The first-order valence-corrected chi connectivity index (χ1v) is 11.0. The number of aromatic amines is 1. The number of nitro benzene ring substituents is 1. The Morgan fingerprint density at radius 3 is 2.47 bits per heavy atom. The molecule has 0 aliphatic heterocycles. The number of hydrogen-bond donors (Lipinski definition) is 1. The molecule has 1 aromatic heterocycles. The van der Waals surface area contributed by atoms with Gasteiger partial charge in [0.2, 0.25) is 0 Å². The molecule has 4 rings (SSSR count). The third-order valence-electron chi connectivity index (χ3n) is 4.63.